The van der Waals surface area contributed by atoms with E-state index in [0.717, 1.165) is 15.9 Å². The number of hydrogen-bond donors (Lipinski definition) is 0. The molecule has 0 N–H and O–H groups in total. The molecular weight excluding hydrogens is 244 g/mol. The second kappa shape index (κ2) is 4.26. The lowest BCUT2D eigenvalue weighted by molar-refractivity contribution is -0.121. The summed E-state index contributed by atoms with van der Waals surface area (Å²) in [7, 11) is 1.86. The first-order chi connectivity index (χ1) is 6.43. The Kier molecular flexibility index (Phi) is 3.48. The molecule has 14 heavy (non-hydrogen) atoms. The normalized spacial score (nSPS) is 11.0. The van der Waals surface area contributed by atoms with Gasteiger partial charge in [0.1, 0.15) is 5.78 Å². The summed E-state index contributed by atoms with van der Waals surface area (Å²) in [5.74, 6) is 0.325. The number of aromatic nitrogens is 2. The molecule has 0 aliphatic rings. The molecule has 0 aromatic carbocycles. The molecule has 0 unspecified atom stereocenters. The van der Waals surface area contributed by atoms with Crippen LogP contribution in [0, 0.1) is 12.8 Å². The molecule has 3 nitrogen and oxygen atoms in total. The van der Waals surface area contributed by atoms with Crippen LogP contribution >= 0.6 is 15.9 Å². The summed E-state index contributed by atoms with van der Waals surface area (Å²) < 4.78 is 2.72. The summed E-state index contributed by atoms with van der Waals surface area (Å²) in [6.45, 7) is 5.76. The number of nitrogens with zero attached hydrogens (tertiary/aromatic N) is 2. The van der Waals surface area contributed by atoms with E-state index in [9.17, 15) is 4.79 Å². The third kappa shape index (κ3) is 2.23. The molecule has 0 aliphatic heterocycles. The highest BCUT2D eigenvalue weighted by Crippen LogP contribution is 2.21. The molecule has 1 heterocycles. The Labute approximate surface area is 92.6 Å². The Morgan fingerprint density at radius 2 is 2.14 bits per heavy atom. The molecule has 1 rings (SSSR count). The molecule has 0 bridgehead atoms. The predicted molar refractivity (Wildman–Crippen MR) is 59.2 cm³/mol. The lowest BCUT2D eigenvalue weighted by atomic mass is 10.0. The van der Waals surface area contributed by atoms with Gasteiger partial charge in [0.2, 0.25) is 0 Å². The van der Waals surface area contributed by atoms with Crippen molar-refractivity contribution in [3.8, 4) is 0 Å². The van der Waals surface area contributed by atoms with Gasteiger partial charge in [-0.2, -0.15) is 5.10 Å². The molecule has 0 spiro atoms. The van der Waals surface area contributed by atoms with Crippen LogP contribution in [-0.2, 0) is 18.3 Å². The van der Waals surface area contributed by atoms with Crippen molar-refractivity contribution >= 4 is 21.7 Å². The van der Waals surface area contributed by atoms with E-state index in [1.165, 1.54) is 0 Å². The van der Waals surface area contributed by atoms with E-state index < -0.39 is 0 Å². The Balaban J connectivity index is 2.92. The van der Waals surface area contributed by atoms with Crippen LogP contribution in [0.5, 0.6) is 0 Å². The average molecular weight is 259 g/mol. The van der Waals surface area contributed by atoms with Crippen LogP contribution in [0.4, 0.5) is 0 Å². The summed E-state index contributed by atoms with van der Waals surface area (Å²) in [4.78, 5) is 11.6. The van der Waals surface area contributed by atoms with Crippen molar-refractivity contribution in [3.05, 3.63) is 15.9 Å². The van der Waals surface area contributed by atoms with Gasteiger partial charge < -0.3 is 0 Å². The van der Waals surface area contributed by atoms with E-state index >= 15 is 0 Å². The minimum absolute atomic E-state index is 0.0807. The van der Waals surface area contributed by atoms with Crippen LogP contribution in [-0.4, -0.2) is 15.6 Å². The second-order valence-corrected chi connectivity index (χ2v) is 4.56. The topological polar surface area (TPSA) is 34.9 Å². The van der Waals surface area contributed by atoms with Crippen molar-refractivity contribution in [1.29, 1.82) is 0 Å². The molecule has 0 fully saturated rings. The third-order valence-electron chi connectivity index (χ3n) is 2.25. The molecule has 4 heteroatoms. The van der Waals surface area contributed by atoms with Gasteiger partial charge in [0, 0.05) is 19.4 Å². The quantitative estimate of drug-likeness (QED) is 0.834. The number of carbonyl (C=O) groups excluding carboxylic acids is 1. The van der Waals surface area contributed by atoms with Crippen LogP contribution in [0.1, 0.15) is 25.2 Å². The highest BCUT2D eigenvalue weighted by molar-refractivity contribution is 9.10. The molecule has 0 atom stereocenters. The van der Waals surface area contributed by atoms with Gasteiger partial charge in [0.15, 0.2) is 0 Å². The van der Waals surface area contributed by atoms with Gasteiger partial charge in [0.05, 0.1) is 15.9 Å². The van der Waals surface area contributed by atoms with Gasteiger partial charge >= 0.3 is 0 Å². The van der Waals surface area contributed by atoms with E-state index in [1.807, 2.05) is 27.8 Å². The smallest absolute Gasteiger partial charge is 0.141 e. The van der Waals surface area contributed by atoms with E-state index in [0.29, 0.717) is 6.42 Å². The van der Waals surface area contributed by atoms with E-state index in [4.69, 9.17) is 0 Å². The molecule has 1 aromatic rings. The Hall–Kier alpha value is -0.640. The molecule has 0 amide bonds. The second-order valence-electron chi connectivity index (χ2n) is 3.77. The van der Waals surface area contributed by atoms with Crippen molar-refractivity contribution in [2.45, 2.75) is 27.2 Å². The Morgan fingerprint density at radius 3 is 2.50 bits per heavy atom. The highest BCUT2D eigenvalue weighted by atomic mass is 79.9. The number of halogens is 1. The number of rotatable bonds is 3. The number of hydrogen-bond acceptors (Lipinski definition) is 2. The SMILES string of the molecule is Cc1nn(C)c(CC(=O)C(C)C)c1Br. The molecule has 78 valence electrons. The van der Waals surface area contributed by atoms with Crippen LogP contribution in [0.25, 0.3) is 0 Å². The zero-order chi connectivity index (χ0) is 10.9. The summed E-state index contributed by atoms with van der Waals surface area (Å²) in [6.07, 6.45) is 0.454. The maximum absolute atomic E-state index is 11.6. The standard InChI is InChI=1S/C10H15BrN2O/c1-6(2)9(14)5-8-10(11)7(3)12-13(8)4/h6H,5H2,1-4H3. The Morgan fingerprint density at radius 1 is 1.57 bits per heavy atom. The fourth-order valence-corrected chi connectivity index (χ4v) is 1.72. The van der Waals surface area contributed by atoms with E-state index in [1.54, 1.807) is 4.68 Å². The first-order valence-electron chi connectivity index (χ1n) is 4.64. The number of aryl methyl sites for hydroxylation is 2. The fourth-order valence-electron chi connectivity index (χ4n) is 1.24. The number of ketones is 1. The summed E-state index contributed by atoms with van der Waals surface area (Å²) in [5.41, 5.74) is 1.89. The van der Waals surface area contributed by atoms with Gasteiger partial charge in [-0.1, -0.05) is 13.8 Å². The Bertz CT molecular complexity index is 355. The maximum Gasteiger partial charge on any atom is 0.141 e. The van der Waals surface area contributed by atoms with Crippen LogP contribution < -0.4 is 0 Å². The molecule has 0 saturated heterocycles. The van der Waals surface area contributed by atoms with Gasteiger partial charge in [-0.3, -0.25) is 9.48 Å². The molecule has 1 aromatic heterocycles. The number of Topliss-reactive ketones (excluding diaryl/α,β-unsaturated/α-hetero) is 1. The average Bonchev–Trinajstić information content (AvgIpc) is 2.32. The van der Waals surface area contributed by atoms with Gasteiger partial charge in [-0.05, 0) is 22.9 Å². The van der Waals surface area contributed by atoms with Gasteiger partial charge in [-0.25, -0.2) is 0 Å². The van der Waals surface area contributed by atoms with Crippen LogP contribution in [0.2, 0.25) is 0 Å². The molecule has 0 aliphatic carbocycles. The summed E-state index contributed by atoms with van der Waals surface area (Å²) in [5, 5.41) is 4.24. The van der Waals surface area contributed by atoms with Gasteiger partial charge in [0.25, 0.3) is 0 Å². The van der Waals surface area contributed by atoms with Crippen molar-refractivity contribution < 1.29 is 4.79 Å². The fraction of sp³-hybridized carbons (Fsp3) is 0.600. The third-order valence-corrected chi connectivity index (χ3v) is 3.28. The lowest BCUT2D eigenvalue weighted by Crippen LogP contribution is -2.13. The number of carbonyl (C=O) groups is 1. The molecular formula is C10H15BrN2O. The van der Waals surface area contributed by atoms with Crippen LogP contribution in [0.3, 0.4) is 0 Å². The van der Waals surface area contributed by atoms with E-state index in [-0.39, 0.29) is 11.7 Å². The minimum atomic E-state index is 0.0807. The zero-order valence-corrected chi connectivity index (χ0v) is 10.6. The summed E-state index contributed by atoms with van der Waals surface area (Å²) >= 11 is 3.44. The highest BCUT2D eigenvalue weighted by Gasteiger charge is 2.15. The largest absolute Gasteiger partial charge is 0.299 e. The summed E-state index contributed by atoms with van der Waals surface area (Å²) in [6, 6.07) is 0. The lowest BCUT2D eigenvalue weighted by Gasteiger charge is -2.04. The molecule has 0 radical (unpaired) electrons. The minimum Gasteiger partial charge on any atom is -0.299 e. The van der Waals surface area contributed by atoms with Crippen LogP contribution in [0.15, 0.2) is 4.47 Å². The first-order valence-corrected chi connectivity index (χ1v) is 5.43. The zero-order valence-electron chi connectivity index (χ0n) is 8.97. The van der Waals surface area contributed by atoms with Gasteiger partial charge in [-0.15, -0.1) is 0 Å². The first kappa shape index (κ1) is 11.4. The van der Waals surface area contributed by atoms with E-state index in [2.05, 4.69) is 21.0 Å². The van der Waals surface area contributed by atoms with Crippen molar-refractivity contribution in [2.75, 3.05) is 0 Å². The maximum atomic E-state index is 11.6. The van der Waals surface area contributed by atoms with Crippen molar-refractivity contribution in [2.24, 2.45) is 13.0 Å². The van der Waals surface area contributed by atoms with Crippen molar-refractivity contribution in [1.82, 2.24) is 9.78 Å². The van der Waals surface area contributed by atoms with Crippen molar-refractivity contribution in [3.63, 3.8) is 0 Å². The molecule has 0 saturated carbocycles. The predicted octanol–water partition coefficient (Wildman–Crippen LogP) is 2.26. The monoisotopic (exact) mass is 258 g/mol.